The molecule has 20 heavy (non-hydrogen) atoms. The fourth-order valence-electron chi connectivity index (χ4n) is 2.12. The Kier molecular flexibility index (Phi) is 3.49. The van der Waals surface area contributed by atoms with Crippen LogP contribution in [0.2, 0.25) is 5.15 Å². The molecule has 1 aromatic heterocycles. The van der Waals surface area contributed by atoms with Crippen molar-refractivity contribution >= 4 is 23.1 Å². The van der Waals surface area contributed by atoms with Crippen molar-refractivity contribution in [3.63, 3.8) is 0 Å². The minimum Gasteiger partial charge on any atom is -0.393 e. The van der Waals surface area contributed by atoms with Crippen molar-refractivity contribution in [1.82, 2.24) is 9.97 Å². The largest absolute Gasteiger partial charge is 0.393 e. The summed E-state index contributed by atoms with van der Waals surface area (Å²) in [5.41, 5.74) is 7.57. The van der Waals surface area contributed by atoms with Gasteiger partial charge in [0.1, 0.15) is 11.5 Å². The fourth-order valence-corrected chi connectivity index (χ4v) is 2.30. The van der Waals surface area contributed by atoms with Crippen LogP contribution >= 0.6 is 11.6 Å². The Labute approximate surface area is 123 Å². The Morgan fingerprint density at radius 3 is 2.60 bits per heavy atom. The number of nitrogens with two attached hydrogens (primary N) is 1. The first-order valence-electron chi connectivity index (χ1n) is 6.79. The Morgan fingerprint density at radius 1 is 1.25 bits per heavy atom. The van der Waals surface area contributed by atoms with Crippen LogP contribution in [-0.2, 0) is 0 Å². The monoisotopic (exact) mass is 288 g/mol. The van der Waals surface area contributed by atoms with Crippen molar-refractivity contribution in [2.45, 2.75) is 31.7 Å². The Balaban J connectivity index is 1.86. The lowest BCUT2D eigenvalue weighted by Crippen LogP contribution is -2.12. The van der Waals surface area contributed by atoms with E-state index in [0.717, 1.165) is 18.7 Å². The van der Waals surface area contributed by atoms with E-state index in [1.165, 1.54) is 5.56 Å². The molecule has 0 radical (unpaired) electrons. The van der Waals surface area contributed by atoms with E-state index in [1.54, 1.807) is 0 Å². The summed E-state index contributed by atoms with van der Waals surface area (Å²) in [6, 6.07) is 10.3. The van der Waals surface area contributed by atoms with Crippen molar-refractivity contribution in [1.29, 1.82) is 0 Å². The molecule has 3 N–H and O–H groups in total. The summed E-state index contributed by atoms with van der Waals surface area (Å²) in [5.74, 6) is 1.87. The molecule has 1 fully saturated rings. The molecule has 104 valence electrons. The lowest BCUT2D eigenvalue weighted by atomic mass is 10.1. The zero-order valence-electron chi connectivity index (χ0n) is 11.3. The molecule has 1 aliphatic rings. The van der Waals surface area contributed by atoms with Crippen LogP contribution < -0.4 is 11.1 Å². The molecule has 1 heterocycles. The fraction of sp³-hybridized carbons (Fsp3) is 0.333. The van der Waals surface area contributed by atoms with Gasteiger partial charge in [-0.15, -0.1) is 0 Å². The SMILES string of the molecule is CC(Nc1nc(C2CC2)nc(Cl)c1N)c1ccccc1. The highest BCUT2D eigenvalue weighted by atomic mass is 35.5. The molecule has 0 bridgehead atoms. The van der Waals surface area contributed by atoms with E-state index >= 15 is 0 Å². The topological polar surface area (TPSA) is 63.8 Å². The Bertz CT molecular complexity index is 611. The predicted octanol–water partition coefficient (Wildman–Crippen LogP) is 3.76. The van der Waals surface area contributed by atoms with E-state index < -0.39 is 0 Å². The summed E-state index contributed by atoms with van der Waals surface area (Å²) in [7, 11) is 0. The van der Waals surface area contributed by atoms with Crippen LogP contribution in [-0.4, -0.2) is 9.97 Å². The van der Waals surface area contributed by atoms with E-state index in [1.807, 2.05) is 18.2 Å². The molecule has 1 aliphatic carbocycles. The van der Waals surface area contributed by atoms with Gasteiger partial charge in [0.15, 0.2) is 11.0 Å². The summed E-state index contributed by atoms with van der Waals surface area (Å²) >= 11 is 6.10. The summed E-state index contributed by atoms with van der Waals surface area (Å²) in [6.45, 7) is 2.07. The van der Waals surface area contributed by atoms with Gasteiger partial charge in [0.25, 0.3) is 0 Å². The van der Waals surface area contributed by atoms with E-state index in [-0.39, 0.29) is 6.04 Å². The van der Waals surface area contributed by atoms with Crippen molar-refractivity contribution in [2.75, 3.05) is 11.1 Å². The second-order valence-electron chi connectivity index (χ2n) is 5.19. The molecular weight excluding hydrogens is 272 g/mol. The first kappa shape index (κ1) is 13.2. The highest BCUT2D eigenvalue weighted by Crippen LogP contribution is 2.40. The lowest BCUT2D eigenvalue weighted by Gasteiger charge is -2.17. The Morgan fingerprint density at radius 2 is 1.95 bits per heavy atom. The molecule has 4 nitrogen and oxygen atoms in total. The predicted molar refractivity (Wildman–Crippen MR) is 81.9 cm³/mol. The van der Waals surface area contributed by atoms with E-state index in [4.69, 9.17) is 17.3 Å². The molecule has 0 amide bonds. The van der Waals surface area contributed by atoms with Gasteiger partial charge in [-0.3, -0.25) is 0 Å². The quantitative estimate of drug-likeness (QED) is 0.841. The summed E-state index contributed by atoms with van der Waals surface area (Å²) in [4.78, 5) is 8.79. The summed E-state index contributed by atoms with van der Waals surface area (Å²) in [5, 5.41) is 3.67. The third kappa shape index (κ3) is 2.70. The molecule has 1 unspecified atom stereocenters. The van der Waals surface area contributed by atoms with Gasteiger partial charge in [0, 0.05) is 5.92 Å². The van der Waals surface area contributed by atoms with Crippen LogP contribution in [0, 0.1) is 0 Å². The van der Waals surface area contributed by atoms with Gasteiger partial charge in [-0.2, -0.15) is 0 Å². The van der Waals surface area contributed by atoms with Gasteiger partial charge in [-0.25, -0.2) is 9.97 Å². The van der Waals surface area contributed by atoms with Crippen LogP contribution in [0.1, 0.15) is 43.1 Å². The maximum absolute atomic E-state index is 6.10. The molecule has 0 saturated heterocycles. The van der Waals surface area contributed by atoms with Crippen LogP contribution in [0.3, 0.4) is 0 Å². The van der Waals surface area contributed by atoms with Gasteiger partial charge in [-0.1, -0.05) is 41.9 Å². The molecule has 1 atom stereocenters. The van der Waals surface area contributed by atoms with Crippen LogP contribution in [0.5, 0.6) is 0 Å². The second-order valence-corrected chi connectivity index (χ2v) is 5.54. The van der Waals surface area contributed by atoms with Gasteiger partial charge in [0.05, 0.1) is 6.04 Å². The van der Waals surface area contributed by atoms with E-state index in [9.17, 15) is 0 Å². The molecule has 2 aromatic rings. The zero-order valence-corrected chi connectivity index (χ0v) is 12.1. The van der Waals surface area contributed by atoms with Crippen molar-refractivity contribution in [3.8, 4) is 0 Å². The second kappa shape index (κ2) is 5.29. The number of benzene rings is 1. The number of hydrogen-bond acceptors (Lipinski definition) is 4. The molecule has 0 aliphatic heterocycles. The smallest absolute Gasteiger partial charge is 0.157 e. The van der Waals surface area contributed by atoms with Gasteiger partial charge >= 0.3 is 0 Å². The molecular formula is C15H17ClN4. The van der Waals surface area contributed by atoms with E-state index in [2.05, 4.69) is 34.3 Å². The molecule has 3 rings (SSSR count). The zero-order chi connectivity index (χ0) is 14.1. The normalized spacial score (nSPS) is 15.9. The third-order valence-corrected chi connectivity index (χ3v) is 3.80. The first-order chi connectivity index (χ1) is 9.65. The first-order valence-corrected chi connectivity index (χ1v) is 7.17. The summed E-state index contributed by atoms with van der Waals surface area (Å²) < 4.78 is 0. The maximum atomic E-state index is 6.10. The molecule has 0 spiro atoms. The van der Waals surface area contributed by atoms with Crippen LogP contribution in [0.25, 0.3) is 0 Å². The van der Waals surface area contributed by atoms with Crippen LogP contribution in [0.15, 0.2) is 30.3 Å². The number of hydrogen-bond donors (Lipinski definition) is 2. The van der Waals surface area contributed by atoms with Crippen molar-refractivity contribution in [3.05, 3.63) is 46.9 Å². The van der Waals surface area contributed by atoms with Crippen LogP contribution in [0.4, 0.5) is 11.5 Å². The summed E-state index contributed by atoms with van der Waals surface area (Å²) in [6.07, 6.45) is 2.27. The number of nitrogens with one attached hydrogen (secondary N) is 1. The average Bonchev–Trinajstić information content (AvgIpc) is 3.29. The van der Waals surface area contributed by atoms with E-state index in [0.29, 0.717) is 22.6 Å². The lowest BCUT2D eigenvalue weighted by molar-refractivity contribution is 0.856. The number of rotatable bonds is 4. The molecule has 1 aromatic carbocycles. The number of aromatic nitrogens is 2. The number of nitrogens with zero attached hydrogens (tertiary/aromatic N) is 2. The molecule has 5 heteroatoms. The molecule has 1 saturated carbocycles. The standard InChI is InChI=1S/C15H17ClN4/c1-9(10-5-3-2-4-6-10)18-15-12(17)13(16)19-14(20-15)11-7-8-11/h2-6,9,11H,7-8,17H2,1H3,(H,18,19,20). The number of halogens is 1. The highest BCUT2D eigenvalue weighted by molar-refractivity contribution is 6.32. The van der Waals surface area contributed by atoms with Gasteiger partial charge < -0.3 is 11.1 Å². The minimum absolute atomic E-state index is 0.108. The van der Waals surface area contributed by atoms with Gasteiger partial charge in [0.2, 0.25) is 0 Å². The maximum Gasteiger partial charge on any atom is 0.157 e. The number of nitrogen functional groups attached to an aromatic ring is 1. The van der Waals surface area contributed by atoms with Crippen molar-refractivity contribution < 1.29 is 0 Å². The third-order valence-electron chi connectivity index (χ3n) is 3.51. The highest BCUT2D eigenvalue weighted by Gasteiger charge is 2.28. The number of anilines is 2. The van der Waals surface area contributed by atoms with Gasteiger partial charge in [-0.05, 0) is 25.3 Å². The van der Waals surface area contributed by atoms with Crippen molar-refractivity contribution in [2.24, 2.45) is 0 Å². The average molecular weight is 289 g/mol. The Hall–Kier alpha value is -1.81. The minimum atomic E-state index is 0.108.